The van der Waals surface area contributed by atoms with Gasteiger partial charge >= 0.3 is 0 Å². The molecule has 0 aromatic carbocycles. The van der Waals surface area contributed by atoms with Crippen molar-refractivity contribution in [2.24, 2.45) is 0 Å². The summed E-state index contributed by atoms with van der Waals surface area (Å²) in [6, 6.07) is -0.154. The van der Waals surface area contributed by atoms with Gasteiger partial charge in [0.1, 0.15) is 0 Å². The molecule has 3 heteroatoms. The van der Waals surface area contributed by atoms with Gasteiger partial charge in [-0.3, -0.25) is 9.69 Å². The fraction of sp³-hybridized carbons (Fsp3) is 0.800. The zero-order valence-electron chi connectivity index (χ0n) is 5.09. The molecule has 2 nitrogen and oxygen atoms in total. The summed E-state index contributed by atoms with van der Waals surface area (Å²) in [6.07, 6.45) is 1.85. The molecular weight excluding hydrogens is 122 g/mol. The molecule has 0 amide bonds. The molecule has 0 fully saturated rings. The molecule has 0 heterocycles. The first-order valence-corrected chi connectivity index (χ1v) is 3.00. The summed E-state index contributed by atoms with van der Waals surface area (Å²) < 4.78 is 0. The van der Waals surface area contributed by atoms with Crippen molar-refractivity contribution in [2.75, 3.05) is 19.8 Å². The van der Waals surface area contributed by atoms with Crippen LogP contribution in [0.4, 0.5) is 0 Å². The molecule has 0 N–H and O–H groups in total. The Balaban J connectivity index is 3.51. The second kappa shape index (κ2) is 3.92. The number of rotatable bonds is 3. The predicted octanol–water partition coefficient (Wildman–Crippen LogP) is -0.0439. The smallest absolute Gasteiger partial charge is 0.217 e. The minimum Gasteiger partial charge on any atom is -0.299 e. The van der Waals surface area contributed by atoms with Crippen LogP contribution < -0.4 is 0 Å². The first-order valence-electron chi connectivity index (χ1n) is 2.37. The molecule has 0 saturated carbocycles. The van der Waals surface area contributed by atoms with E-state index >= 15 is 0 Å². The molecule has 1 radical (unpaired) electrons. The van der Waals surface area contributed by atoms with Crippen molar-refractivity contribution >= 4 is 18.9 Å². The lowest BCUT2D eigenvalue weighted by Crippen LogP contribution is -2.30. The third kappa shape index (κ3) is 2.33. The fourth-order valence-electron chi connectivity index (χ4n) is 0.306. The number of nitrogens with zero attached hydrogens (tertiary/aromatic N) is 1. The Hall–Kier alpha value is -0.0200. The lowest BCUT2D eigenvalue weighted by atomic mass is 10.3. The van der Waals surface area contributed by atoms with E-state index in [0.717, 1.165) is 0 Å². The van der Waals surface area contributed by atoms with Crippen molar-refractivity contribution in [1.29, 1.82) is 0 Å². The third-order valence-corrected chi connectivity index (χ3v) is 1.28. The molecule has 0 spiro atoms. The standard InChI is InChI=1S/C5H10NOS/c1-6(2)5(3-7)4-8/h5,8H,4H2,1-2H3. The van der Waals surface area contributed by atoms with Gasteiger partial charge in [-0.05, 0) is 14.1 Å². The molecule has 0 aliphatic carbocycles. The van der Waals surface area contributed by atoms with E-state index in [-0.39, 0.29) is 6.04 Å². The molecule has 47 valence electrons. The normalized spacial score (nSPS) is 14.0. The highest BCUT2D eigenvalue weighted by atomic mass is 32.1. The Kier molecular flexibility index (Phi) is 3.91. The molecular formula is C5H10NOS. The zero-order valence-corrected chi connectivity index (χ0v) is 5.98. The number of carbonyl (C=O) groups excluding carboxylic acids is 1. The van der Waals surface area contributed by atoms with Crippen LogP contribution in [0.15, 0.2) is 0 Å². The summed E-state index contributed by atoms with van der Waals surface area (Å²) in [7, 11) is 3.65. The Morgan fingerprint density at radius 2 is 2.25 bits per heavy atom. The second-order valence-corrected chi connectivity index (χ2v) is 2.14. The summed E-state index contributed by atoms with van der Waals surface area (Å²) >= 11 is 3.93. The molecule has 0 aliphatic rings. The molecule has 0 bridgehead atoms. The summed E-state index contributed by atoms with van der Waals surface area (Å²) in [5.41, 5.74) is 0. The van der Waals surface area contributed by atoms with E-state index in [9.17, 15) is 4.79 Å². The first kappa shape index (κ1) is 7.98. The quantitative estimate of drug-likeness (QED) is 0.544. The van der Waals surface area contributed by atoms with Gasteiger partial charge in [-0.15, -0.1) is 0 Å². The average molecular weight is 132 g/mol. The van der Waals surface area contributed by atoms with Gasteiger partial charge in [-0.2, -0.15) is 12.6 Å². The zero-order chi connectivity index (χ0) is 6.57. The number of hydrogen-bond donors (Lipinski definition) is 1. The number of thiol groups is 1. The van der Waals surface area contributed by atoms with Crippen LogP contribution in [0.1, 0.15) is 0 Å². The van der Waals surface area contributed by atoms with Crippen molar-refractivity contribution in [3.05, 3.63) is 0 Å². The Morgan fingerprint density at radius 1 is 1.75 bits per heavy atom. The van der Waals surface area contributed by atoms with Crippen LogP contribution in [0, 0.1) is 0 Å². The lowest BCUT2D eigenvalue weighted by Gasteiger charge is -2.13. The van der Waals surface area contributed by atoms with Crippen LogP contribution in [0.25, 0.3) is 0 Å². The second-order valence-electron chi connectivity index (χ2n) is 1.78. The van der Waals surface area contributed by atoms with Crippen LogP contribution in [0.2, 0.25) is 0 Å². The number of hydrogen-bond acceptors (Lipinski definition) is 3. The van der Waals surface area contributed by atoms with Crippen molar-refractivity contribution < 1.29 is 4.79 Å². The van der Waals surface area contributed by atoms with Gasteiger partial charge in [0.25, 0.3) is 0 Å². The van der Waals surface area contributed by atoms with E-state index in [1.807, 2.05) is 20.4 Å². The Bertz CT molecular complexity index is 74.8. The van der Waals surface area contributed by atoms with Crippen molar-refractivity contribution in [3.63, 3.8) is 0 Å². The summed E-state index contributed by atoms with van der Waals surface area (Å²) in [6.45, 7) is 0. The van der Waals surface area contributed by atoms with Crippen LogP contribution in [-0.4, -0.2) is 37.1 Å². The van der Waals surface area contributed by atoms with Gasteiger partial charge in [0.05, 0.1) is 6.04 Å². The average Bonchev–Trinajstić information content (AvgIpc) is 1.69. The predicted molar refractivity (Wildman–Crippen MR) is 37.0 cm³/mol. The Labute approximate surface area is 55.3 Å². The molecule has 0 aromatic rings. The van der Waals surface area contributed by atoms with E-state index in [2.05, 4.69) is 12.6 Å². The molecule has 0 aromatic heterocycles. The van der Waals surface area contributed by atoms with Crippen LogP contribution in [0.3, 0.4) is 0 Å². The minimum atomic E-state index is -0.154. The minimum absolute atomic E-state index is 0.154. The fourth-order valence-corrected chi connectivity index (χ4v) is 0.707. The van der Waals surface area contributed by atoms with E-state index in [4.69, 9.17) is 0 Å². The van der Waals surface area contributed by atoms with Gasteiger partial charge in [0, 0.05) is 5.75 Å². The summed E-state index contributed by atoms with van der Waals surface area (Å²) in [5, 5.41) is 0. The monoisotopic (exact) mass is 132 g/mol. The molecule has 0 saturated heterocycles. The third-order valence-electron chi connectivity index (χ3n) is 0.932. The van der Waals surface area contributed by atoms with Gasteiger partial charge in [-0.25, -0.2) is 0 Å². The highest BCUT2D eigenvalue weighted by Crippen LogP contribution is 1.89. The SMILES string of the molecule is CN(C)C([C]=O)CS. The van der Waals surface area contributed by atoms with Crippen LogP contribution >= 0.6 is 12.6 Å². The number of likely N-dealkylation sites (N-methyl/N-ethyl adjacent to an activating group) is 1. The van der Waals surface area contributed by atoms with E-state index < -0.39 is 0 Å². The molecule has 1 unspecified atom stereocenters. The largest absolute Gasteiger partial charge is 0.299 e. The highest BCUT2D eigenvalue weighted by Gasteiger charge is 2.06. The molecule has 1 atom stereocenters. The van der Waals surface area contributed by atoms with Crippen molar-refractivity contribution in [3.8, 4) is 0 Å². The van der Waals surface area contributed by atoms with Gasteiger partial charge in [-0.1, -0.05) is 0 Å². The van der Waals surface area contributed by atoms with Gasteiger partial charge in [0.15, 0.2) is 0 Å². The van der Waals surface area contributed by atoms with Gasteiger partial charge in [0.2, 0.25) is 6.29 Å². The maximum atomic E-state index is 9.96. The van der Waals surface area contributed by atoms with Crippen molar-refractivity contribution in [1.82, 2.24) is 4.90 Å². The summed E-state index contributed by atoms with van der Waals surface area (Å²) in [5.74, 6) is 0.538. The van der Waals surface area contributed by atoms with Crippen molar-refractivity contribution in [2.45, 2.75) is 6.04 Å². The first-order chi connectivity index (χ1) is 3.72. The highest BCUT2D eigenvalue weighted by molar-refractivity contribution is 7.80. The molecule has 8 heavy (non-hydrogen) atoms. The lowest BCUT2D eigenvalue weighted by molar-refractivity contribution is 0.371. The van der Waals surface area contributed by atoms with E-state index in [1.54, 1.807) is 4.90 Å². The van der Waals surface area contributed by atoms with E-state index in [1.165, 1.54) is 0 Å². The topological polar surface area (TPSA) is 20.3 Å². The summed E-state index contributed by atoms with van der Waals surface area (Å²) in [4.78, 5) is 11.7. The maximum Gasteiger partial charge on any atom is 0.217 e. The Morgan fingerprint density at radius 3 is 2.25 bits per heavy atom. The maximum absolute atomic E-state index is 9.96. The van der Waals surface area contributed by atoms with Gasteiger partial charge < -0.3 is 0 Å². The van der Waals surface area contributed by atoms with Crippen LogP contribution in [-0.2, 0) is 4.79 Å². The molecule has 0 rings (SSSR count). The van der Waals surface area contributed by atoms with Crippen LogP contribution in [0.5, 0.6) is 0 Å². The van der Waals surface area contributed by atoms with E-state index in [0.29, 0.717) is 5.75 Å². The molecule has 0 aliphatic heterocycles.